The molecular weight excluding hydrogens is 282 g/mol. The first-order valence-electron chi connectivity index (χ1n) is 6.86. The van der Waals surface area contributed by atoms with Crippen molar-refractivity contribution in [2.24, 2.45) is 0 Å². The molecule has 0 aliphatic rings. The van der Waals surface area contributed by atoms with Gasteiger partial charge in [0, 0.05) is 21.7 Å². The lowest BCUT2D eigenvalue weighted by Gasteiger charge is -2.14. The van der Waals surface area contributed by atoms with E-state index in [0.717, 1.165) is 33.3 Å². The fourth-order valence-corrected chi connectivity index (χ4v) is 2.79. The van der Waals surface area contributed by atoms with Crippen LogP contribution in [0, 0.1) is 13.8 Å². The van der Waals surface area contributed by atoms with Gasteiger partial charge in [-0.25, -0.2) is 0 Å². The van der Waals surface area contributed by atoms with Gasteiger partial charge in [0.25, 0.3) is 0 Å². The summed E-state index contributed by atoms with van der Waals surface area (Å²) in [4.78, 5) is 4.47. The number of nitrogens with zero attached hydrogens (tertiary/aromatic N) is 1. The van der Waals surface area contributed by atoms with E-state index in [4.69, 9.17) is 11.6 Å². The predicted octanol–water partition coefficient (Wildman–Crippen LogP) is 4.59. The van der Waals surface area contributed by atoms with Crippen LogP contribution in [-0.4, -0.2) is 10.1 Å². The highest BCUT2D eigenvalue weighted by Gasteiger charge is 2.14. The van der Waals surface area contributed by atoms with Gasteiger partial charge in [-0.1, -0.05) is 35.9 Å². The van der Waals surface area contributed by atoms with Crippen molar-refractivity contribution in [3.63, 3.8) is 0 Å². The lowest BCUT2D eigenvalue weighted by atomic mass is 9.99. The second-order valence-corrected chi connectivity index (χ2v) is 5.74. The zero-order chi connectivity index (χ0) is 15.0. The Labute approximate surface area is 129 Å². The zero-order valence-corrected chi connectivity index (χ0v) is 12.7. The molecule has 1 unspecified atom stereocenters. The maximum Gasteiger partial charge on any atom is 0.106 e. The second kappa shape index (κ2) is 5.47. The Morgan fingerprint density at radius 3 is 2.57 bits per heavy atom. The third-order valence-electron chi connectivity index (χ3n) is 3.62. The van der Waals surface area contributed by atoms with Crippen LogP contribution in [0.5, 0.6) is 0 Å². The van der Waals surface area contributed by atoms with E-state index in [-0.39, 0.29) is 0 Å². The molecule has 1 heterocycles. The molecule has 0 aliphatic heterocycles. The number of rotatable bonds is 2. The molecule has 2 aromatic carbocycles. The Morgan fingerprint density at radius 1 is 1.00 bits per heavy atom. The minimum atomic E-state index is -0.733. The topological polar surface area (TPSA) is 33.1 Å². The van der Waals surface area contributed by atoms with Gasteiger partial charge in [-0.3, -0.25) is 4.98 Å². The van der Waals surface area contributed by atoms with Crippen molar-refractivity contribution in [2.75, 3.05) is 0 Å². The molecule has 0 spiro atoms. The first-order chi connectivity index (χ1) is 10.0. The number of halogens is 1. The average molecular weight is 298 g/mol. The van der Waals surface area contributed by atoms with Crippen molar-refractivity contribution in [1.29, 1.82) is 0 Å². The van der Waals surface area contributed by atoms with Gasteiger partial charge in [0.15, 0.2) is 0 Å². The molecule has 1 atom stereocenters. The van der Waals surface area contributed by atoms with E-state index < -0.39 is 6.10 Å². The van der Waals surface area contributed by atoms with Crippen LogP contribution >= 0.6 is 11.6 Å². The summed E-state index contributed by atoms with van der Waals surface area (Å²) in [7, 11) is 0. The number of aliphatic hydroxyl groups excluding tert-OH is 1. The van der Waals surface area contributed by atoms with Gasteiger partial charge in [-0.15, -0.1) is 0 Å². The quantitative estimate of drug-likeness (QED) is 0.750. The first kappa shape index (κ1) is 14.1. The Kier molecular flexibility index (Phi) is 3.66. The van der Waals surface area contributed by atoms with Crippen LogP contribution in [0.15, 0.2) is 48.5 Å². The lowest BCUT2D eigenvalue weighted by molar-refractivity contribution is 0.220. The van der Waals surface area contributed by atoms with Gasteiger partial charge in [-0.05, 0) is 49.2 Å². The van der Waals surface area contributed by atoms with E-state index in [9.17, 15) is 5.11 Å². The molecule has 3 aromatic rings. The van der Waals surface area contributed by atoms with Crippen LogP contribution in [0.4, 0.5) is 0 Å². The molecule has 106 valence electrons. The molecule has 0 fully saturated rings. The first-order valence-corrected chi connectivity index (χ1v) is 7.24. The maximum atomic E-state index is 10.6. The van der Waals surface area contributed by atoms with E-state index in [0.29, 0.717) is 5.02 Å². The van der Waals surface area contributed by atoms with Gasteiger partial charge in [-0.2, -0.15) is 0 Å². The Morgan fingerprint density at radius 2 is 1.81 bits per heavy atom. The van der Waals surface area contributed by atoms with Crippen molar-refractivity contribution >= 4 is 22.5 Å². The summed E-state index contributed by atoms with van der Waals surface area (Å²) < 4.78 is 0. The van der Waals surface area contributed by atoms with E-state index in [2.05, 4.69) is 4.98 Å². The van der Waals surface area contributed by atoms with Crippen LogP contribution in [0.2, 0.25) is 5.02 Å². The monoisotopic (exact) mass is 297 g/mol. The van der Waals surface area contributed by atoms with Gasteiger partial charge >= 0.3 is 0 Å². The Hall–Kier alpha value is -1.90. The molecule has 0 radical (unpaired) electrons. The number of aryl methyl sites for hydroxylation is 2. The van der Waals surface area contributed by atoms with Crippen molar-refractivity contribution < 1.29 is 5.11 Å². The summed E-state index contributed by atoms with van der Waals surface area (Å²) in [6.07, 6.45) is -0.733. The minimum Gasteiger partial charge on any atom is -0.384 e. The summed E-state index contributed by atoms with van der Waals surface area (Å²) in [5.41, 5.74) is 4.54. The van der Waals surface area contributed by atoms with Crippen LogP contribution in [0.1, 0.15) is 28.5 Å². The maximum absolute atomic E-state index is 10.6. The molecule has 0 aliphatic carbocycles. The third-order valence-corrected chi connectivity index (χ3v) is 3.95. The third kappa shape index (κ3) is 2.78. The van der Waals surface area contributed by atoms with Crippen LogP contribution in [0.3, 0.4) is 0 Å². The highest BCUT2D eigenvalue weighted by atomic mass is 35.5. The minimum absolute atomic E-state index is 0.588. The van der Waals surface area contributed by atoms with Crippen LogP contribution < -0.4 is 0 Å². The van der Waals surface area contributed by atoms with E-state index in [1.54, 1.807) is 0 Å². The van der Waals surface area contributed by atoms with Gasteiger partial charge in [0.2, 0.25) is 0 Å². The average Bonchev–Trinajstić information content (AvgIpc) is 2.46. The van der Waals surface area contributed by atoms with Crippen molar-refractivity contribution in [3.8, 4) is 0 Å². The molecule has 3 heteroatoms. The highest BCUT2D eigenvalue weighted by Crippen LogP contribution is 2.30. The Balaban J connectivity index is 2.04. The number of aliphatic hydroxyl groups is 1. The largest absolute Gasteiger partial charge is 0.384 e. The van der Waals surface area contributed by atoms with E-state index in [1.807, 2.05) is 62.4 Å². The molecule has 21 heavy (non-hydrogen) atoms. The number of hydrogen-bond acceptors (Lipinski definition) is 2. The number of hydrogen-bond donors (Lipinski definition) is 1. The number of benzene rings is 2. The van der Waals surface area contributed by atoms with Crippen LogP contribution in [0.25, 0.3) is 10.9 Å². The predicted molar refractivity (Wildman–Crippen MR) is 86.7 cm³/mol. The summed E-state index contributed by atoms with van der Waals surface area (Å²) in [6.45, 7) is 3.94. The second-order valence-electron chi connectivity index (χ2n) is 5.33. The van der Waals surface area contributed by atoms with Crippen LogP contribution in [-0.2, 0) is 0 Å². The SMILES string of the molecule is Cc1ccc(C(O)c2ccc3nc(C)ccc3c2)c(Cl)c1. The molecular formula is C18H16ClNO. The van der Waals surface area contributed by atoms with Crippen molar-refractivity contribution in [3.05, 3.63) is 75.9 Å². The fourth-order valence-electron chi connectivity index (χ4n) is 2.45. The normalized spacial score (nSPS) is 12.6. The zero-order valence-electron chi connectivity index (χ0n) is 12.0. The lowest BCUT2D eigenvalue weighted by Crippen LogP contribution is -2.01. The molecule has 1 aromatic heterocycles. The molecule has 0 saturated heterocycles. The van der Waals surface area contributed by atoms with Crippen molar-refractivity contribution in [1.82, 2.24) is 4.98 Å². The van der Waals surface area contributed by atoms with Crippen molar-refractivity contribution in [2.45, 2.75) is 20.0 Å². The van der Waals surface area contributed by atoms with Gasteiger partial charge < -0.3 is 5.11 Å². The van der Waals surface area contributed by atoms with Gasteiger partial charge in [0.05, 0.1) is 5.52 Å². The molecule has 0 saturated carbocycles. The van der Waals surface area contributed by atoms with E-state index in [1.165, 1.54) is 0 Å². The Bertz CT molecular complexity index is 813. The summed E-state index contributed by atoms with van der Waals surface area (Å²) >= 11 is 6.24. The van der Waals surface area contributed by atoms with E-state index >= 15 is 0 Å². The molecule has 2 nitrogen and oxygen atoms in total. The number of fused-ring (bicyclic) bond motifs is 1. The molecule has 0 bridgehead atoms. The highest BCUT2D eigenvalue weighted by molar-refractivity contribution is 6.31. The summed E-state index contributed by atoms with van der Waals surface area (Å²) in [5.74, 6) is 0. The molecule has 1 N–H and O–H groups in total. The number of aromatic nitrogens is 1. The van der Waals surface area contributed by atoms with Gasteiger partial charge in [0.1, 0.15) is 6.10 Å². The fraction of sp³-hybridized carbons (Fsp3) is 0.167. The summed E-state index contributed by atoms with van der Waals surface area (Å²) in [6, 6.07) is 15.5. The molecule has 3 rings (SSSR count). The molecule has 0 amide bonds. The standard InChI is InChI=1S/C18H16ClNO/c1-11-3-7-15(16(19)9-11)18(21)14-6-8-17-13(10-14)5-4-12(2)20-17/h3-10,18,21H,1-2H3. The summed E-state index contributed by atoms with van der Waals surface area (Å²) in [5, 5.41) is 12.2. The number of pyridine rings is 1. The smallest absolute Gasteiger partial charge is 0.106 e.